The van der Waals surface area contributed by atoms with Crippen LogP contribution in [0.15, 0.2) is 24.3 Å². The number of nitrogens with one attached hydrogen (secondary N) is 1. The number of nitrogens with zero attached hydrogens (tertiary/aromatic N) is 1. The van der Waals surface area contributed by atoms with Gasteiger partial charge in [-0.25, -0.2) is 4.79 Å². The Morgan fingerprint density at radius 2 is 2.12 bits per heavy atom. The van der Waals surface area contributed by atoms with Crippen LogP contribution in [-0.2, 0) is 6.54 Å². The number of rotatable bonds is 3. The molecule has 1 aromatic rings. The lowest BCUT2D eigenvalue weighted by molar-refractivity contribution is 0.149. The molecule has 0 saturated heterocycles. The van der Waals surface area contributed by atoms with Gasteiger partial charge in [0.25, 0.3) is 0 Å². The molecule has 1 aromatic carbocycles. The predicted octanol–water partition coefficient (Wildman–Crippen LogP) is 2.36. The van der Waals surface area contributed by atoms with E-state index in [0.29, 0.717) is 11.6 Å². The monoisotopic (exact) mass is 241 g/mol. The third kappa shape index (κ3) is 3.40. The fourth-order valence-corrected chi connectivity index (χ4v) is 1.28. The molecule has 87 valence electrons. The lowest BCUT2D eigenvalue weighted by Gasteiger charge is -2.19. The molecule has 0 fully saturated rings. The highest BCUT2D eigenvalue weighted by molar-refractivity contribution is 6.31. The van der Waals surface area contributed by atoms with Crippen LogP contribution < -0.4 is 5.32 Å². The van der Waals surface area contributed by atoms with Crippen LogP contribution in [0.1, 0.15) is 12.5 Å². The number of aliphatic hydroxyl groups is 1. The quantitative estimate of drug-likeness (QED) is 0.854. The van der Waals surface area contributed by atoms with E-state index in [1.54, 1.807) is 6.07 Å². The first-order chi connectivity index (χ1) is 7.52. The molecule has 5 heteroatoms. The fourth-order valence-electron chi connectivity index (χ4n) is 1.08. The summed E-state index contributed by atoms with van der Waals surface area (Å²) in [6.45, 7) is 1.77. The third-order valence-corrected chi connectivity index (χ3v) is 2.55. The van der Waals surface area contributed by atoms with E-state index in [9.17, 15) is 4.79 Å². The molecular weight excluding hydrogens is 228 g/mol. The maximum atomic E-state index is 11.5. The first kappa shape index (κ1) is 12.8. The molecule has 2 amide bonds. The Balaban J connectivity index is 2.52. The van der Waals surface area contributed by atoms with Crippen molar-refractivity contribution < 1.29 is 9.90 Å². The van der Waals surface area contributed by atoms with E-state index in [4.69, 9.17) is 16.7 Å². The van der Waals surface area contributed by atoms with Crippen molar-refractivity contribution in [3.63, 3.8) is 0 Å². The highest BCUT2D eigenvalue weighted by atomic mass is 35.5. The van der Waals surface area contributed by atoms with Crippen molar-refractivity contribution in [2.24, 2.45) is 0 Å². The minimum Gasteiger partial charge on any atom is -0.367 e. The maximum absolute atomic E-state index is 11.5. The number of hydrogen-bond donors (Lipinski definition) is 2. The van der Waals surface area contributed by atoms with E-state index in [0.717, 1.165) is 10.5 Å². The second-order valence-corrected chi connectivity index (χ2v) is 3.76. The van der Waals surface area contributed by atoms with Gasteiger partial charge >= 0.3 is 6.03 Å². The van der Waals surface area contributed by atoms with Gasteiger partial charge in [-0.05, 0) is 18.6 Å². The van der Waals surface area contributed by atoms with Gasteiger partial charge in [0.05, 0.1) is 0 Å². The zero-order valence-corrected chi connectivity index (χ0v) is 9.95. The molecule has 0 saturated carbocycles. The second-order valence-electron chi connectivity index (χ2n) is 3.36. The molecule has 0 unspecified atom stereocenters. The highest BCUT2D eigenvalue weighted by Gasteiger charge is 2.13. The summed E-state index contributed by atoms with van der Waals surface area (Å²) in [6, 6.07) is 6.89. The van der Waals surface area contributed by atoms with E-state index < -0.39 is 0 Å². The number of amides is 2. The first-order valence-electron chi connectivity index (χ1n) is 4.80. The van der Waals surface area contributed by atoms with Crippen LogP contribution in [0.2, 0.25) is 5.02 Å². The molecule has 0 aromatic heterocycles. The van der Waals surface area contributed by atoms with Gasteiger partial charge in [-0.1, -0.05) is 29.8 Å². The molecule has 1 radical (unpaired) electrons. The SMILES string of the molecule is C[C](O)N(C)C(=O)NCc1ccccc1Cl. The summed E-state index contributed by atoms with van der Waals surface area (Å²) >= 11 is 5.93. The number of halogens is 1. The zero-order chi connectivity index (χ0) is 12.1. The molecule has 0 aliphatic carbocycles. The van der Waals surface area contributed by atoms with E-state index in [1.165, 1.54) is 14.0 Å². The van der Waals surface area contributed by atoms with Gasteiger partial charge in [0.1, 0.15) is 0 Å². The van der Waals surface area contributed by atoms with Crippen LogP contribution in [0.3, 0.4) is 0 Å². The molecule has 16 heavy (non-hydrogen) atoms. The van der Waals surface area contributed by atoms with E-state index >= 15 is 0 Å². The maximum Gasteiger partial charge on any atom is 0.319 e. The van der Waals surface area contributed by atoms with E-state index in [-0.39, 0.29) is 12.3 Å². The van der Waals surface area contributed by atoms with Crippen LogP contribution >= 0.6 is 11.6 Å². The van der Waals surface area contributed by atoms with Gasteiger partial charge in [0, 0.05) is 18.6 Å². The van der Waals surface area contributed by atoms with Crippen molar-refractivity contribution in [3.8, 4) is 0 Å². The fraction of sp³-hybridized carbons (Fsp3) is 0.273. The van der Waals surface area contributed by atoms with Crippen molar-refractivity contribution in [3.05, 3.63) is 41.1 Å². The lowest BCUT2D eigenvalue weighted by atomic mass is 10.2. The Hall–Kier alpha value is -1.26. The molecule has 0 bridgehead atoms. The number of carbonyl (C=O) groups is 1. The van der Waals surface area contributed by atoms with Gasteiger partial charge in [0.2, 0.25) is 0 Å². The van der Waals surface area contributed by atoms with Gasteiger partial charge in [-0.2, -0.15) is 0 Å². The molecule has 4 nitrogen and oxygen atoms in total. The van der Waals surface area contributed by atoms with Crippen molar-refractivity contribution >= 4 is 17.6 Å². The smallest absolute Gasteiger partial charge is 0.319 e. The summed E-state index contributed by atoms with van der Waals surface area (Å²) in [5.41, 5.74) is 0.835. The number of carbonyl (C=O) groups excluding carboxylic acids is 1. The normalized spacial score (nSPS) is 10.3. The summed E-state index contributed by atoms with van der Waals surface area (Å²) in [7, 11) is 1.48. The summed E-state index contributed by atoms with van der Waals surface area (Å²) in [5.74, 6) is 0. The standard InChI is InChI=1S/C11H14ClN2O2/c1-8(15)14(2)11(16)13-7-9-5-3-4-6-10(9)12/h3-6,15H,7H2,1-2H3,(H,13,16). The average Bonchev–Trinajstić information content (AvgIpc) is 2.26. The van der Waals surface area contributed by atoms with Crippen LogP contribution in [-0.4, -0.2) is 23.1 Å². The molecule has 0 aliphatic heterocycles. The Kier molecular flexibility index (Phi) is 4.58. The number of hydrogen-bond acceptors (Lipinski definition) is 2. The number of benzene rings is 1. The lowest BCUT2D eigenvalue weighted by Crippen LogP contribution is -2.38. The Bertz CT molecular complexity index is 369. The molecule has 0 atom stereocenters. The summed E-state index contributed by atoms with van der Waals surface area (Å²) < 4.78 is 0. The second kappa shape index (κ2) is 5.72. The van der Waals surface area contributed by atoms with Crippen molar-refractivity contribution in [1.29, 1.82) is 0 Å². The summed E-state index contributed by atoms with van der Waals surface area (Å²) in [5, 5.41) is 12.3. The van der Waals surface area contributed by atoms with Gasteiger partial charge in [-0.15, -0.1) is 0 Å². The summed E-state index contributed by atoms with van der Waals surface area (Å²) in [4.78, 5) is 12.6. The topological polar surface area (TPSA) is 52.6 Å². The zero-order valence-electron chi connectivity index (χ0n) is 9.20. The van der Waals surface area contributed by atoms with Crippen molar-refractivity contribution in [2.45, 2.75) is 13.5 Å². The average molecular weight is 242 g/mol. The van der Waals surface area contributed by atoms with Crippen molar-refractivity contribution in [1.82, 2.24) is 10.2 Å². The molecule has 0 spiro atoms. The van der Waals surface area contributed by atoms with Crippen LogP contribution in [0, 0.1) is 6.23 Å². The van der Waals surface area contributed by atoms with Crippen LogP contribution in [0.4, 0.5) is 4.79 Å². The third-order valence-electron chi connectivity index (χ3n) is 2.18. The largest absolute Gasteiger partial charge is 0.367 e. The highest BCUT2D eigenvalue weighted by Crippen LogP contribution is 2.14. The Labute approximate surface area is 99.8 Å². The molecule has 0 heterocycles. The van der Waals surface area contributed by atoms with E-state index in [2.05, 4.69) is 5.32 Å². The summed E-state index contributed by atoms with van der Waals surface area (Å²) in [6.07, 6.45) is -0.0586. The Morgan fingerprint density at radius 3 is 2.69 bits per heavy atom. The molecule has 2 N–H and O–H groups in total. The van der Waals surface area contributed by atoms with Crippen LogP contribution in [0.25, 0.3) is 0 Å². The predicted molar refractivity (Wildman–Crippen MR) is 62.3 cm³/mol. The first-order valence-corrected chi connectivity index (χ1v) is 5.17. The minimum atomic E-state index is -0.375. The number of urea groups is 1. The molecular formula is C11H14ClN2O2. The minimum absolute atomic E-state index is 0.0586. The van der Waals surface area contributed by atoms with Crippen molar-refractivity contribution in [2.75, 3.05) is 7.05 Å². The van der Waals surface area contributed by atoms with E-state index in [1.807, 2.05) is 18.2 Å². The number of aliphatic hydroxyl groups excluding tert-OH is 1. The van der Waals surface area contributed by atoms with Gasteiger partial charge in [0.15, 0.2) is 6.23 Å². The van der Waals surface area contributed by atoms with Gasteiger partial charge in [-0.3, -0.25) is 4.90 Å². The van der Waals surface area contributed by atoms with Crippen LogP contribution in [0.5, 0.6) is 0 Å². The van der Waals surface area contributed by atoms with Gasteiger partial charge < -0.3 is 10.4 Å². The molecule has 1 rings (SSSR count). The molecule has 0 aliphatic rings. The Morgan fingerprint density at radius 1 is 1.50 bits per heavy atom.